The van der Waals surface area contributed by atoms with Crippen molar-refractivity contribution in [2.24, 2.45) is 0 Å². The maximum atomic E-state index is 12.4. The number of aromatic hydroxyl groups is 2. The van der Waals surface area contributed by atoms with Gasteiger partial charge >= 0.3 is 0 Å². The Bertz CT molecular complexity index is 470. The molecule has 2 rings (SSSR count). The number of nitrogens with one attached hydrogen (secondary N) is 1. The van der Waals surface area contributed by atoms with E-state index >= 15 is 0 Å². The van der Waals surface area contributed by atoms with E-state index in [9.17, 15) is 15.0 Å². The molecule has 1 aliphatic rings. The first-order chi connectivity index (χ1) is 9.61. The van der Waals surface area contributed by atoms with Crippen LogP contribution in [-0.4, -0.2) is 46.7 Å². The van der Waals surface area contributed by atoms with Crippen LogP contribution in [0.2, 0.25) is 0 Å². The van der Waals surface area contributed by atoms with Crippen LogP contribution in [0.1, 0.15) is 36.5 Å². The van der Waals surface area contributed by atoms with Gasteiger partial charge in [-0.3, -0.25) is 4.79 Å². The van der Waals surface area contributed by atoms with Gasteiger partial charge in [0, 0.05) is 19.1 Å². The molecule has 0 aromatic heterocycles. The number of phenols is 2. The van der Waals surface area contributed by atoms with E-state index < -0.39 is 0 Å². The van der Waals surface area contributed by atoms with Crippen molar-refractivity contribution in [3.63, 3.8) is 0 Å². The second-order valence-electron chi connectivity index (χ2n) is 5.19. The molecule has 0 bridgehead atoms. The standard InChI is InChI=1S/C15H22N2O3/c1-2-17(10-11-5-3-4-8-16-11)15(20)13-9-12(18)6-7-14(13)19/h6-7,9,11,16,18-19H,2-5,8,10H2,1H3. The van der Waals surface area contributed by atoms with Crippen molar-refractivity contribution < 1.29 is 15.0 Å². The zero-order chi connectivity index (χ0) is 14.5. The van der Waals surface area contributed by atoms with Crippen LogP contribution >= 0.6 is 0 Å². The molecule has 5 heteroatoms. The van der Waals surface area contributed by atoms with Crippen LogP contribution in [0.5, 0.6) is 11.5 Å². The Labute approximate surface area is 119 Å². The van der Waals surface area contributed by atoms with E-state index in [4.69, 9.17) is 0 Å². The summed E-state index contributed by atoms with van der Waals surface area (Å²) in [6.07, 6.45) is 3.43. The number of carbonyl (C=O) groups is 1. The first-order valence-corrected chi connectivity index (χ1v) is 7.16. The van der Waals surface area contributed by atoms with Gasteiger partial charge in [-0.1, -0.05) is 6.42 Å². The van der Waals surface area contributed by atoms with Gasteiger partial charge in [-0.2, -0.15) is 0 Å². The Morgan fingerprint density at radius 2 is 2.20 bits per heavy atom. The Balaban J connectivity index is 2.09. The van der Waals surface area contributed by atoms with Crippen molar-refractivity contribution in [1.29, 1.82) is 0 Å². The van der Waals surface area contributed by atoms with E-state index in [-0.39, 0.29) is 23.0 Å². The molecule has 110 valence electrons. The lowest BCUT2D eigenvalue weighted by Gasteiger charge is -2.30. The van der Waals surface area contributed by atoms with Crippen molar-refractivity contribution in [3.05, 3.63) is 23.8 Å². The van der Waals surface area contributed by atoms with Gasteiger partial charge in [-0.25, -0.2) is 0 Å². The monoisotopic (exact) mass is 278 g/mol. The largest absolute Gasteiger partial charge is 0.508 e. The molecule has 1 aliphatic heterocycles. The summed E-state index contributed by atoms with van der Waals surface area (Å²) in [5.41, 5.74) is 0.155. The van der Waals surface area contributed by atoms with Crippen LogP contribution in [0.15, 0.2) is 18.2 Å². The molecule has 1 aromatic carbocycles. The number of likely N-dealkylation sites (N-methyl/N-ethyl adjacent to an activating group) is 1. The molecule has 1 amide bonds. The van der Waals surface area contributed by atoms with Gasteiger partial charge in [0.05, 0.1) is 5.56 Å². The van der Waals surface area contributed by atoms with Crippen LogP contribution in [0.3, 0.4) is 0 Å². The van der Waals surface area contributed by atoms with Gasteiger partial charge in [0.25, 0.3) is 5.91 Å². The van der Waals surface area contributed by atoms with Crippen molar-refractivity contribution >= 4 is 5.91 Å². The summed E-state index contributed by atoms with van der Waals surface area (Å²) in [5, 5.41) is 22.7. The van der Waals surface area contributed by atoms with Gasteiger partial charge in [0.1, 0.15) is 11.5 Å². The van der Waals surface area contributed by atoms with Gasteiger partial charge in [0.15, 0.2) is 0 Å². The molecule has 1 saturated heterocycles. The highest BCUT2D eigenvalue weighted by molar-refractivity contribution is 5.97. The fourth-order valence-electron chi connectivity index (χ4n) is 2.57. The molecule has 20 heavy (non-hydrogen) atoms. The fourth-order valence-corrected chi connectivity index (χ4v) is 2.57. The quantitative estimate of drug-likeness (QED) is 0.733. The van der Waals surface area contributed by atoms with E-state index in [0.29, 0.717) is 19.1 Å². The maximum Gasteiger partial charge on any atom is 0.257 e. The number of amides is 1. The Morgan fingerprint density at radius 3 is 2.85 bits per heavy atom. The van der Waals surface area contributed by atoms with Crippen LogP contribution in [0, 0.1) is 0 Å². The van der Waals surface area contributed by atoms with Crippen LogP contribution in [-0.2, 0) is 0 Å². The first-order valence-electron chi connectivity index (χ1n) is 7.16. The first kappa shape index (κ1) is 14.7. The molecular formula is C15H22N2O3. The predicted molar refractivity (Wildman–Crippen MR) is 77.0 cm³/mol. The number of benzene rings is 1. The van der Waals surface area contributed by atoms with Crippen molar-refractivity contribution in [1.82, 2.24) is 10.2 Å². The minimum atomic E-state index is -0.242. The average molecular weight is 278 g/mol. The number of carbonyl (C=O) groups excluding carboxylic acids is 1. The maximum absolute atomic E-state index is 12.4. The summed E-state index contributed by atoms with van der Waals surface area (Å²) in [4.78, 5) is 14.2. The Morgan fingerprint density at radius 1 is 1.40 bits per heavy atom. The average Bonchev–Trinajstić information content (AvgIpc) is 2.47. The minimum absolute atomic E-state index is 0.0157. The third-order valence-corrected chi connectivity index (χ3v) is 3.73. The zero-order valence-electron chi connectivity index (χ0n) is 11.8. The molecule has 0 spiro atoms. The molecule has 1 aromatic rings. The number of phenolic OH excluding ortho intramolecular Hbond substituents is 2. The van der Waals surface area contributed by atoms with Gasteiger partial charge in [-0.05, 0) is 44.5 Å². The summed E-state index contributed by atoms with van der Waals surface area (Å²) in [5.74, 6) is -0.353. The minimum Gasteiger partial charge on any atom is -0.508 e. The highest BCUT2D eigenvalue weighted by atomic mass is 16.3. The third-order valence-electron chi connectivity index (χ3n) is 3.73. The van der Waals surface area contributed by atoms with E-state index in [1.54, 1.807) is 4.90 Å². The molecular weight excluding hydrogens is 256 g/mol. The summed E-state index contributed by atoms with van der Waals surface area (Å²) in [7, 11) is 0. The molecule has 3 N–H and O–H groups in total. The lowest BCUT2D eigenvalue weighted by Crippen LogP contribution is -2.45. The van der Waals surface area contributed by atoms with E-state index in [1.807, 2.05) is 6.92 Å². The molecule has 1 heterocycles. The smallest absolute Gasteiger partial charge is 0.257 e. The molecule has 1 unspecified atom stereocenters. The Hall–Kier alpha value is -1.75. The van der Waals surface area contributed by atoms with Crippen LogP contribution in [0.25, 0.3) is 0 Å². The molecule has 1 fully saturated rings. The second-order valence-corrected chi connectivity index (χ2v) is 5.19. The highest BCUT2D eigenvalue weighted by Crippen LogP contribution is 2.24. The Kier molecular flexibility index (Phi) is 4.84. The molecule has 0 radical (unpaired) electrons. The van der Waals surface area contributed by atoms with E-state index in [0.717, 1.165) is 13.0 Å². The summed E-state index contributed by atoms with van der Waals surface area (Å²) in [6.45, 7) is 4.12. The number of hydrogen-bond acceptors (Lipinski definition) is 4. The topological polar surface area (TPSA) is 72.8 Å². The zero-order valence-corrected chi connectivity index (χ0v) is 11.8. The molecule has 1 atom stereocenters. The number of hydrogen-bond donors (Lipinski definition) is 3. The van der Waals surface area contributed by atoms with Gasteiger partial charge < -0.3 is 20.4 Å². The normalized spacial score (nSPS) is 18.8. The number of rotatable bonds is 4. The summed E-state index contributed by atoms with van der Waals surface area (Å²) < 4.78 is 0. The van der Waals surface area contributed by atoms with Gasteiger partial charge in [0.2, 0.25) is 0 Å². The lowest BCUT2D eigenvalue weighted by atomic mass is 10.0. The van der Waals surface area contributed by atoms with Crippen molar-refractivity contribution in [2.45, 2.75) is 32.2 Å². The summed E-state index contributed by atoms with van der Waals surface area (Å²) >= 11 is 0. The second kappa shape index (κ2) is 6.61. The van der Waals surface area contributed by atoms with E-state index in [1.165, 1.54) is 31.0 Å². The van der Waals surface area contributed by atoms with Crippen LogP contribution < -0.4 is 5.32 Å². The number of nitrogens with zero attached hydrogens (tertiary/aromatic N) is 1. The summed E-state index contributed by atoms with van der Waals surface area (Å²) in [6, 6.07) is 4.33. The molecule has 0 aliphatic carbocycles. The van der Waals surface area contributed by atoms with E-state index in [2.05, 4.69) is 5.32 Å². The van der Waals surface area contributed by atoms with Crippen molar-refractivity contribution in [3.8, 4) is 11.5 Å². The van der Waals surface area contributed by atoms with Crippen molar-refractivity contribution in [2.75, 3.05) is 19.6 Å². The fraction of sp³-hybridized carbons (Fsp3) is 0.533. The van der Waals surface area contributed by atoms with Crippen LogP contribution in [0.4, 0.5) is 0 Å². The molecule has 0 saturated carbocycles. The van der Waals surface area contributed by atoms with Gasteiger partial charge in [-0.15, -0.1) is 0 Å². The molecule has 5 nitrogen and oxygen atoms in total. The number of piperidine rings is 1. The highest BCUT2D eigenvalue weighted by Gasteiger charge is 2.22. The predicted octanol–water partition coefficient (Wildman–Crippen LogP) is 1.70. The third kappa shape index (κ3) is 3.42. The lowest BCUT2D eigenvalue weighted by molar-refractivity contribution is 0.0738. The SMILES string of the molecule is CCN(CC1CCCCN1)C(=O)c1cc(O)ccc1O.